The number of nitrogens with one attached hydrogen (secondary N) is 1. The maximum atomic E-state index is 5.64. The van der Waals surface area contributed by atoms with Crippen LogP contribution in [-0.4, -0.2) is 9.78 Å². The van der Waals surface area contributed by atoms with Crippen LogP contribution in [0.5, 0.6) is 0 Å². The number of rotatable bonds is 3. The predicted molar refractivity (Wildman–Crippen MR) is 66.2 cm³/mol. The number of nitrogens with zero attached hydrogens (tertiary/aromatic N) is 2. The Bertz CT molecular complexity index is 486. The van der Waals surface area contributed by atoms with E-state index in [1.54, 1.807) is 11.3 Å². The van der Waals surface area contributed by atoms with E-state index in [0.717, 1.165) is 11.3 Å². The largest absolute Gasteiger partial charge is 0.275 e. The van der Waals surface area contributed by atoms with Crippen molar-refractivity contribution in [1.29, 1.82) is 0 Å². The second-order valence-corrected chi connectivity index (χ2v) is 5.21. The van der Waals surface area contributed by atoms with E-state index in [9.17, 15) is 0 Å². The SMILES string of the molecule is Cc1ccc(C(NN)c2cn(C)nc2C)s1. The molecule has 0 bridgehead atoms. The fourth-order valence-electron chi connectivity index (χ4n) is 1.84. The first-order valence-corrected chi connectivity index (χ1v) is 5.96. The van der Waals surface area contributed by atoms with Crippen LogP contribution < -0.4 is 11.3 Å². The molecule has 0 saturated carbocycles. The van der Waals surface area contributed by atoms with E-state index in [-0.39, 0.29) is 6.04 Å². The maximum absolute atomic E-state index is 5.64. The molecule has 2 rings (SSSR count). The minimum absolute atomic E-state index is 0.0346. The minimum atomic E-state index is 0.0346. The van der Waals surface area contributed by atoms with Crippen molar-refractivity contribution in [1.82, 2.24) is 15.2 Å². The summed E-state index contributed by atoms with van der Waals surface area (Å²) in [4.78, 5) is 2.51. The van der Waals surface area contributed by atoms with Crippen LogP contribution in [0.4, 0.5) is 0 Å². The summed E-state index contributed by atoms with van der Waals surface area (Å²) in [6.45, 7) is 4.10. The van der Waals surface area contributed by atoms with Crippen LogP contribution in [0.25, 0.3) is 0 Å². The van der Waals surface area contributed by atoms with E-state index in [1.165, 1.54) is 9.75 Å². The van der Waals surface area contributed by atoms with Gasteiger partial charge in [-0.15, -0.1) is 11.3 Å². The molecule has 0 aliphatic rings. The molecule has 86 valence electrons. The molecule has 0 aliphatic carbocycles. The first-order valence-electron chi connectivity index (χ1n) is 5.14. The fourth-order valence-corrected chi connectivity index (χ4v) is 2.79. The van der Waals surface area contributed by atoms with Gasteiger partial charge in [-0.05, 0) is 26.0 Å². The van der Waals surface area contributed by atoms with Gasteiger partial charge >= 0.3 is 0 Å². The second-order valence-electron chi connectivity index (χ2n) is 3.89. The summed E-state index contributed by atoms with van der Waals surface area (Å²) in [6.07, 6.45) is 2.01. The zero-order valence-electron chi connectivity index (χ0n) is 9.69. The van der Waals surface area contributed by atoms with E-state index in [2.05, 4.69) is 29.6 Å². The molecule has 1 atom stereocenters. The normalized spacial score (nSPS) is 13.0. The van der Waals surface area contributed by atoms with Gasteiger partial charge in [0.25, 0.3) is 0 Å². The van der Waals surface area contributed by atoms with Crippen molar-refractivity contribution < 1.29 is 0 Å². The number of thiophene rings is 1. The summed E-state index contributed by atoms with van der Waals surface area (Å²) in [5, 5.41) is 4.34. The number of nitrogens with two attached hydrogens (primary N) is 1. The molecule has 1 unspecified atom stereocenters. The molecule has 0 amide bonds. The molecule has 0 aliphatic heterocycles. The fraction of sp³-hybridized carbons (Fsp3) is 0.364. The van der Waals surface area contributed by atoms with Crippen LogP contribution in [-0.2, 0) is 7.05 Å². The Balaban J connectivity index is 2.40. The van der Waals surface area contributed by atoms with Gasteiger partial charge in [0.1, 0.15) is 0 Å². The molecular formula is C11H16N4S. The van der Waals surface area contributed by atoms with Gasteiger partial charge < -0.3 is 0 Å². The molecule has 2 aromatic heterocycles. The van der Waals surface area contributed by atoms with Gasteiger partial charge in [0.2, 0.25) is 0 Å². The van der Waals surface area contributed by atoms with Crippen LogP contribution in [0.1, 0.15) is 27.1 Å². The molecule has 0 aromatic carbocycles. The molecule has 3 N–H and O–H groups in total. The van der Waals surface area contributed by atoms with E-state index in [4.69, 9.17) is 5.84 Å². The first-order chi connectivity index (χ1) is 7.61. The monoisotopic (exact) mass is 236 g/mol. The van der Waals surface area contributed by atoms with Gasteiger partial charge in [0.05, 0.1) is 11.7 Å². The molecule has 0 radical (unpaired) electrons. The quantitative estimate of drug-likeness (QED) is 0.629. The topological polar surface area (TPSA) is 55.9 Å². The lowest BCUT2D eigenvalue weighted by Gasteiger charge is -2.13. The third-order valence-corrected chi connectivity index (χ3v) is 3.64. The first kappa shape index (κ1) is 11.3. The highest BCUT2D eigenvalue weighted by molar-refractivity contribution is 7.12. The number of hydrazine groups is 1. The molecule has 2 heterocycles. The summed E-state index contributed by atoms with van der Waals surface area (Å²) < 4.78 is 1.81. The third kappa shape index (κ3) is 2.02. The van der Waals surface area contributed by atoms with Gasteiger partial charge in [0.15, 0.2) is 0 Å². The molecule has 0 spiro atoms. The highest BCUT2D eigenvalue weighted by Crippen LogP contribution is 2.28. The minimum Gasteiger partial charge on any atom is -0.275 e. The Labute approximate surface area is 99.1 Å². The van der Waals surface area contributed by atoms with Crippen LogP contribution >= 0.6 is 11.3 Å². The smallest absolute Gasteiger partial charge is 0.0835 e. The molecule has 0 fully saturated rings. The predicted octanol–water partition coefficient (Wildman–Crippen LogP) is 1.65. The summed E-state index contributed by atoms with van der Waals surface area (Å²) in [5.41, 5.74) is 5.00. The lowest BCUT2D eigenvalue weighted by molar-refractivity contribution is 0.643. The van der Waals surface area contributed by atoms with Crippen LogP contribution in [0.2, 0.25) is 0 Å². The van der Waals surface area contributed by atoms with Gasteiger partial charge in [-0.2, -0.15) is 5.10 Å². The van der Waals surface area contributed by atoms with Crippen LogP contribution in [0.3, 0.4) is 0 Å². The Morgan fingerprint density at radius 1 is 1.44 bits per heavy atom. The van der Waals surface area contributed by atoms with Crippen molar-refractivity contribution in [2.45, 2.75) is 19.9 Å². The van der Waals surface area contributed by atoms with Gasteiger partial charge in [-0.25, -0.2) is 5.43 Å². The molecule has 4 nitrogen and oxygen atoms in total. The number of hydrogen-bond donors (Lipinski definition) is 2. The Morgan fingerprint density at radius 2 is 2.19 bits per heavy atom. The van der Waals surface area contributed by atoms with Crippen molar-refractivity contribution in [2.24, 2.45) is 12.9 Å². The van der Waals surface area contributed by atoms with Crippen molar-refractivity contribution in [2.75, 3.05) is 0 Å². The zero-order chi connectivity index (χ0) is 11.7. The number of aromatic nitrogens is 2. The van der Waals surface area contributed by atoms with Gasteiger partial charge in [0, 0.05) is 28.6 Å². The highest BCUT2D eigenvalue weighted by atomic mass is 32.1. The van der Waals surface area contributed by atoms with Gasteiger partial charge in [-0.1, -0.05) is 0 Å². The third-order valence-electron chi connectivity index (χ3n) is 2.57. The standard InChI is InChI=1S/C11H16N4S/c1-7-4-5-10(16-7)11(13-12)9-6-15(3)14-8(9)2/h4-6,11,13H,12H2,1-3H3. The van der Waals surface area contributed by atoms with Crippen molar-refractivity contribution in [3.05, 3.63) is 39.3 Å². The summed E-state index contributed by atoms with van der Waals surface area (Å²) >= 11 is 1.75. The molecule has 5 heteroatoms. The van der Waals surface area contributed by atoms with Crippen molar-refractivity contribution in [3.63, 3.8) is 0 Å². The molecule has 0 saturated heterocycles. The van der Waals surface area contributed by atoms with Crippen LogP contribution in [0.15, 0.2) is 18.3 Å². The van der Waals surface area contributed by atoms with Crippen molar-refractivity contribution in [3.8, 4) is 0 Å². The number of aryl methyl sites for hydroxylation is 3. The van der Waals surface area contributed by atoms with Crippen molar-refractivity contribution >= 4 is 11.3 Å². The Hall–Kier alpha value is -1.17. The molecule has 2 aromatic rings. The lowest BCUT2D eigenvalue weighted by Crippen LogP contribution is -2.28. The molecule has 16 heavy (non-hydrogen) atoms. The Morgan fingerprint density at radius 3 is 2.62 bits per heavy atom. The average Bonchev–Trinajstić information content (AvgIpc) is 2.76. The molecular weight excluding hydrogens is 220 g/mol. The summed E-state index contributed by atoms with van der Waals surface area (Å²) in [6, 6.07) is 4.25. The number of hydrogen-bond acceptors (Lipinski definition) is 4. The summed E-state index contributed by atoms with van der Waals surface area (Å²) in [7, 11) is 1.92. The van der Waals surface area contributed by atoms with Gasteiger partial charge in [-0.3, -0.25) is 10.5 Å². The average molecular weight is 236 g/mol. The lowest BCUT2D eigenvalue weighted by atomic mass is 10.1. The van der Waals surface area contributed by atoms with E-state index in [1.807, 2.05) is 24.9 Å². The second kappa shape index (κ2) is 4.37. The maximum Gasteiger partial charge on any atom is 0.0835 e. The Kier molecular flexibility index (Phi) is 3.09. The summed E-state index contributed by atoms with van der Waals surface area (Å²) in [5.74, 6) is 5.64. The highest BCUT2D eigenvalue weighted by Gasteiger charge is 2.18. The zero-order valence-corrected chi connectivity index (χ0v) is 10.5. The van der Waals surface area contributed by atoms with E-state index in [0.29, 0.717) is 0 Å². The van der Waals surface area contributed by atoms with E-state index < -0.39 is 0 Å². The van der Waals surface area contributed by atoms with E-state index >= 15 is 0 Å². The van der Waals surface area contributed by atoms with Crippen LogP contribution in [0, 0.1) is 13.8 Å².